The summed E-state index contributed by atoms with van der Waals surface area (Å²) >= 11 is 1.72. The van der Waals surface area contributed by atoms with E-state index in [1.165, 1.54) is 10.3 Å². The zero-order chi connectivity index (χ0) is 12.8. The van der Waals surface area contributed by atoms with E-state index in [0.717, 1.165) is 37.3 Å². The summed E-state index contributed by atoms with van der Waals surface area (Å²) in [5.41, 5.74) is 8.60. The van der Waals surface area contributed by atoms with Crippen molar-refractivity contribution in [2.24, 2.45) is 5.73 Å². The monoisotopic (exact) mass is 262 g/mol. The van der Waals surface area contributed by atoms with Gasteiger partial charge in [0.2, 0.25) is 0 Å². The molecule has 0 aromatic carbocycles. The van der Waals surface area contributed by atoms with Crippen LogP contribution in [0.25, 0.3) is 10.2 Å². The maximum atomic E-state index is 6.31. The van der Waals surface area contributed by atoms with Gasteiger partial charge in [-0.2, -0.15) is 0 Å². The van der Waals surface area contributed by atoms with Crippen molar-refractivity contribution in [3.8, 4) is 0 Å². The molecule has 3 rings (SSSR count). The fourth-order valence-electron chi connectivity index (χ4n) is 2.70. The molecule has 1 fully saturated rings. The van der Waals surface area contributed by atoms with E-state index in [1.807, 2.05) is 0 Å². The molecule has 1 aliphatic rings. The predicted octanol–water partition coefficient (Wildman–Crippen LogP) is 2.32. The van der Waals surface area contributed by atoms with Gasteiger partial charge in [0, 0.05) is 13.1 Å². The van der Waals surface area contributed by atoms with Gasteiger partial charge in [-0.3, -0.25) is 0 Å². The van der Waals surface area contributed by atoms with Gasteiger partial charge in [0.15, 0.2) is 0 Å². The SMILES string of the molecule is CCCC1(N)CN(c2ncnc3c(C)csc23)C1. The fourth-order valence-corrected chi connectivity index (χ4v) is 3.72. The summed E-state index contributed by atoms with van der Waals surface area (Å²) in [5, 5.41) is 2.14. The first kappa shape index (κ1) is 11.9. The Morgan fingerprint density at radius 3 is 2.94 bits per heavy atom. The van der Waals surface area contributed by atoms with E-state index >= 15 is 0 Å². The first-order chi connectivity index (χ1) is 8.63. The topological polar surface area (TPSA) is 55.0 Å². The zero-order valence-corrected chi connectivity index (χ0v) is 11.6. The minimum Gasteiger partial charge on any atom is -0.351 e. The van der Waals surface area contributed by atoms with E-state index in [9.17, 15) is 0 Å². The van der Waals surface area contributed by atoms with Crippen molar-refractivity contribution in [1.82, 2.24) is 9.97 Å². The molecular formula is C13H18N4S. The lowest BCUT2D eigenvalue weighted by Crippen LogP contribution is -2.67. The van der Waals surface area contributed by atoms with E-state index in [1.54, 1.807) is 17.7 Å². The molecule has 2 aromatic rings. The van der Waals surface area contributed by atoms with Crippen molar-refractivity contribution in [2.75, 3.05) is 18.0 Å². The Morgan fingerprint density at radius 1 is 1.44 bits per heavy atom. The summed E-state index contributed by atoms with van der Waals surface area (Å²) in [6.07, 6.45) is 3.89. The molecule has 2 N–H and O–H groups in total. The van der Waals surface area contributed by atoms with Gasteiger partial charge in [0.1, 0.15) is 12.1 Å². The lowest BCUT2D eigenvalue weighted by Gasteiger charge is -2.48. The molecule has 4 nitrogen and oxygen atoms in total. The standard InChI is InChI=1S/C13H18N4S/c1-3-4-13(14)6-17(7-13)12-11-10(15-8-16-12)9(2)5-18-11/h5,8H,3-4,6-7,14H2,1-2H3. The maximum Gasteiger partial charge on any atom is 0.150 e. The van der Waals surface area contributed by atoms with Crippen molar-refractivity contribution < 1.29 is 0 Å². The van der Waals surface area contributed by atoms with Gasteiger partial charge < -0.3 is 10.6 Å². The van der Waals surface area contributed by atoms with E-state index < -0.39 is 0 Å². The van der Waals surface area contributed by atoms with Crippen LogP contribution >= 0.6 is 11.3 Å². The van der Waals surface area contributed by atoms with Crippen LogP contribution in [0.15, 0.2) is 11.7 Å². The van der Waals surface area contributed by atoms with Crippen LogP contribution in [0.3, 0.4) is 0 Å². The molecule has 0 spiro atoms. The molecule has 0 bridgehead atoms. The molecule has 0 radical (unpaired) electrons. The highest BCUT2D eigenvalue weighted by Gasteiger charge is 2.39. The Balaban J connectivity index is 1.89. The molecule has 0 unspecified atom stereocenters. The van der Waals surface area contributed by atoms with Gasteiger partial charge in [0.05, 0.1) is 15.8 Å². The number of nitrogens with zero attached hydrogens (tertiary/aromatic N) is 3. The number of thiophene rings is 1. The number of anilines is 1. The van der Waals surface area contributed by atoms with Gasteiger partial charge in [-0.25, -0.2) is 9.97 Å². The highest BCUT2D eigenvalue weighted by molar-refractivity contribution is 7.18. The molecule has 1 saturated heterocycles. The number of nitrogens with two attached hydrogens (primary N) is 1. The number of aryl methyl sites for hydroxylation is 1. The van der Waals surface area contributed by atoms with Crippen LogP contribution < -0.4 is 10.6 Å². The highest BCUT2D eigenvalue weighted by Crippen LogP contribution is 2.35. The Labute approximate surface area is 111 Å². The summed E-state index contributed by atoms with van der Waals surface area (Å²) in [6, 6.07) is 0. The van der Waals surface area contributed by atoms with Gasteiger partial charge in [-0.15, -0.1) is 11.3 Å². The molecule has 0 aliphatic carbocycles. The van der Waals surface area contributed by atoms with Crippen LogP contribution in [0, 0.1) is 6.92 Å². The molecule has 0 atom stereocenters. The average molecular weight is 262 g/mol. The second kappa shape index (κ2) is 4.17. The summed E-state index contributed by atoms with van der Waals surface area (Å²) in [6.45, 7) is 6.09. The van der Waals surface area contributed by atoms with Crippen molar-refractivity contribution in [1.29, 1.82) is 0 Å². The van der Waals surface area contributed by atoms with Crippen LogP contribution in [0.2, 0.25) is 0 Å². The van der Waals surface area contributed by atoms with Crippen molar-refractivity contribution in [2.45, 2.75) is 32.2 Å². The quantitative estimate of drug-likeness (QED) is 0.922. The van der Waals surface area contributed by atoms with Crippen molar-refractivity contribution >= 4 is 27.4 Å². The zero-order valence-electron chi connectivity index (χ0n) is 10.8. The number of hydrogen-bond donors (Lipinski definition) is 1. The summed E-state index contributed by atoms with van der Waals surface area (Å²) < 4.78 is 1.19. The predicted molar refractivity (Wildman–Crippen MR) is 76.2 cm³/mol. The second-order valence-electron chi connectivity index (χ2n) is 5.26. The van der Waals surface area contributed by atoms with Gasteiger partial charge in [0.25, 0.3) is 0 Å². The Morgan fingerprint density at radius 2 is 2.22 bits per heavy atom. The van der Waals surface area contributed by atoms with E-state index in [0.29, 0.717) is 0 Å². The molecule has 3 heterocycles. The Bertz CT molecular complexity index is 571. The number of aromatic nitrogens is 2. The van der Waals surface area contributed by atoms with E-state index in [4.69, 9.17) is 5.73 Å². The molecule has 5 heteroatoms. The normalized spacial score (nSPS) is 18.1. The van der Waals surface area contributed by atoms with Gasteiger partial charge in [-0.1, -0.05) is 13.3 Å². The van der Waals surface area contributed by atoms with Crippen molar-refractivity contribution in [3.63, 3.8) is 0 Å². The second-order valence-corrected chi connectivity index (χ2v) is 6.14. The minimum absolute atomic E-state index is 0.0155. The highest BCUT2D eigenvalue weighted by atomic mass is 32.1. The largest absolute Gasteiger partial charge is 0.351 e. The Kier molecular flexibility index (Phi) is 2.75. The molecular weight excluding hydrogens is 244 g/mol. The molecule has 2 aromatic heterocycles. The third kappa shape index (κ3) is 1.78. The Hall–Kier alpha value is -1.20. The molecule has 0 amide bonds. The number of hydrogen-bond acceptors (Lipinski definition) is 5. The van der Waals surface area contributed by atoms with Gasteiger partial charge in [-0.05, 0) is 24.3 Å². The third-order valence-corrected chi connectivity index (χ3v) is 4.65. The van der Waals surface area contributed by atoms with E-state index in [2.05, 4.69) is 34.1 Å². The minimum atomic E-state index is -0.0155. The smallest absolute Gasteiger partial charge is 0.150 e. The van der Waals surface area contributed by atoms with Gasteiger partial charge >= 0.3 is 0 Å². The van der Waals surface area contributed by atoms with Crippen LogP contribution in [-0.2, 0) is 0 Å². The summed E-state index contributed by atoms with van der Waals surface area (Å²) in [7, 11) is 0. The maximum absolute atomic E-state index is 6.31. The summed E-state index contributed by atoms with van der Waals surface area (Å²) in [4.78, 5) is 11.1. The molecule has 96 valence electrons. The number of fused-ring (bicyclic) bond motifs is 1. The fraction of sp³-hybridized carbons (Fsp3) is 0.538. The van der Waals surface area contributed by atoms with Crippen LogP contribution in [0.4, 0.5) is 5.82 Å². The third-order valence-electron chi connectivity index (χ3n) is 3.57. The van der Waals surface area contributed by atoms with Crippen LogP contribution in [-0.4, -0.2) is 28.6 Å². The lowest BCUT2D eigenvalue weighted by molar-refractivity contribution is 0.306. The lowest BCUT2D eigenvalue weighted by atomic mass is 9.86. The first-order valence-electron chi connectivity index (χ1n) is 6.35. The number of rotatable bonds is 3. The first-order valence-corrected chi connectivity index (χ1v) is 7.23. The molecule has 18 heavy (non-hydrogen) atoms. The van der Waals surface area contributed by atoms with E-state index in [-0.39, 0.29) is 5.54 Å². The average Bonchev–Trinajstić information content (AvgIpc) is 2.69. The van der Waals surface area contributed by atoms with Crippen molar-refractivity contribution in [3.05, 3.63) is 17.3 Å². The molecule has 1 aliphatic heterocycles. The molecule has 0 saturated carbocycles. The van der Waals surface area contributed by atoms with Crippen LogP contribution in [0.5, 0.6) is 0 Å². The summed E-state index contributed by atoms with van der Waals surface area (Å²) in [5.74, 6) is 1.05. The van der Waals surface area contributed by atoms with Crippen LogP contribution in [0.1, 0.15) is 25.3 Å².